The Hall–Kier alpha value is -1.80. The molecule has 0 aliphatic carbocycles. The van der Waals surface area contributed by atoms with Crippen molar-refractivity contribution in [3.63, 3.8) is 0 Å². The molecule has 0 saturated heterocycles. The number of hydrogen-bond donors (Lipinski definition) is 1. The van der Waals surface area contributed by atoms with E-state index in [0.29, 0.717) is 27.2 Å². The van der Waals surface area contributed by atoms with Gasteiger partial charge >= 0.3 is 6.18 Å². The maximum absolute atomic E-state index is 12.4. The highest BCUT2D eigenvalue weighted by molar-refractivity contribution is 7.99. The summed E-state index contributed by atoms with van der Waals surface area (Å²) in [6.45, 7) is 1.89. The molecule has 1 N–H and O–H groups in total. The molecule has 134 valence electrons. The van der Waals surface area contributed by atoms with Crippen LogP contribution in [-0.2, 0) is 4.79 Å². The molecule has 0 aliphatic rings. The molecular weight excluding hydrogens is 371 g/mol. The topological polar surface area (TPSA) is 46.2 Å². The summed E-state index contributed by atoms with van der Waals surface area (Å²) < 4.78 is 37.1. The van der Waals surface area contributed by atoms with Crippen molar-refractivity contribution in [1.29, 1.82) is 0 Å². The molecule has 0 atom stereocenters. The van der Waals surface area contributed by atoms with Gasteiger partial charge in [0.15, 0.2) is 5.78 Å². The number of thioether (sulfide) groups is 1. The fraction of sp³-hybridized carbons (Fsp3) is 0.294. The standard InChI is InChI=1S/C17H16F3NO2S2/c1-11-6-8-15(25-11)13(22)7-9-16(23)21-12-4-2-3-5-14(12)24-10-17(18,19)20/h2-6,8H,7,9-10H2,1H3,(H,21,23). The Morgan fingerprint density at radius 3 is 2.48 bits per heavy atom. The average Bonchev–Trinajstić information content (AvgIpc) is 2.97. The molecule has 1 aromatic carbocycles. The van der Waals surface area contributed by atoms with Gasteiger partial charge in [0.2, 0.25) is 5.91 Å². The lowest BCUT2D eigenvalue weighted by Crippen LogP contribution is -2.14. The molecule has 1 aromatic heterocycles. The molecule has 0 spiro atoms. The maximum Gasteiger partial charge on any atom is 0.398 e. The van der Waals surface area contributed by atoms with Gasteiger partial charge in [-0.3, -0.25) is 9.59 Å². The molecule has 25 heavy (non-hydrogen) atoms. The molecule has 0 bridgehead atoms. The summed E-state index contributed by atoms with van der Waals surface area (Å²) in [7, 11) is 0. The number of nitrogens with one attached hydrogen (secondary N) is 1. The van der Waals surface area contributed by atoms with Gasteiger partial charge in [0, 0.05) is 22.6 Å². The Bertz CT molecular complexity index is 756. The fourth-order valence-electron chi connectivity index (χ4n) is 2.00. The molecule has 1 amide bonds. The van der Waals surface area contributed by atoms with Gasteiger partial charge < -0.3 is 5.32 Å². The first-order chi connectivity index (χ1) is 11.7. The minimum Gasteiger partial charge on any atom is -0.325 e. The third-order valence-corrected chi connectivity index (χ3v) is 5.33. The Balaban J connectivity index is 1.91. The first-order valence-corrected chi connectivity index (χ1v) is 9.23. The zero-order valence-electron chi connectivity index (χ0n) is 13.4. The van der Waals surface area contributed by atoms with Crippen LogP contribution in [0, 0.1) is 6.92 Å². The van der Waals surface area contributed by atoms with E-state index in [-0.39, 0.29) is 18.6 Å². The van der Waals surface area contributed by atoms with Crippen LogP contribution in [0.15, 0.2) is 41.3 Å². The number of anilines is 1. The Labute approximate surface area is 151 Å². The first kappa shape index (κ1) is 19.5. The second-order valence-corrected chi connectivity index (χ2v) is 7.59. The zero-order valence-corrected chi connectivity index (χ0v) is 15.0. The Morgan fingerprint density at radius 1 is 1.12 bits per heavy atom. The third kappa shape index (κ3) is 6.55. The van der Waals surface area contributed by atoms with Crippen LogP contribution in [0.5, 0.6) is 0 Å². The molecule has 1 heterocycles. The van der Waals surface area contributed by atoms with E-state index >= 15 is 0 Å². The molecule has 0 aliphatic heterocycles. The Kier molecular flexibility index (Phi) is 6.66. The molecule has 0 fully saturated rings. The third-order valence-electron chi connectivity index (χ3n) is 3.15. The summed E-state index contributed by atoms with van der Waals surface area (Å²) in [6.07, 6.45) is -4.25. The number of rotatable bonds is 7. The lowest BCUT2D eigenvalue weighted by atomic mass is 10.2. The zero-order chi connectivity index (χ0) is 18.4. The van der Waals surface area contributed by atoms with E-state index in [2.05, 4.69) is 5.32 Å². The monoisotopic (exact) mass is 387 g/mol. The predicted octanol–water partition coefficient (Wildman–Crippen LogP) is 5.31. The van der Waals surface area contributed by atoms with Crippen LogP contribution >= 0.6 is 23.1 Å². The van der Waals surface area contributed by atoms with Gasteiger partial charge in [-0.25, -0.2) is 0 Å². The summed E-state index contributed by atoms with van der Waals surface area (Å²) in [5, 5.41) is 2.58. The van der Waals surface area contributed by atoms with E-state index in [1.165, 1.54) is 17.4 Å². The van der Waals surface area contributed by atoms with Gasteiger partial charge in [-0.15, -0.1) is 23.1 Å². The Morgan fingerprint density at radius 2 is 1.84 bits per heavy atom. The van der Waals surface area contributed by atoms with Gasteiger partial charge in [0.1, 0.15) is 0 Å². The highest BCUT2D eigenvalue weighted by atomic mass is 32.2. The van der Waals surface area contributed by atoms with Crippen molar-refractivity contribution in [2.75, 3.05) is 11.1 Å². The van der Waals surface area contributed by atoms with Gasteiger partial charge in [-0.05, 0) is 31.2 Å². The highest BCUT2D eigenvalue weighted by Gasteiger charge is 2.27. The average molecular weight is 387 g/mol. The quantitative estimate of drug-likeness (QED) is 0.517. The lowest BCUT2D eigenvalue weighted by molar-refractivity contribution is -0.116. The smallest absolute Gasteiger partial charge is 0.325 e. The maximum atomic E-state index is 12.4. The molecule has 0 radical (unpaired) electrons. The number of ketones is 1. The molecule has 0 unspecified atom stereocenters. The minimum absolute atomic E-state index is 0.0198. The summed E-state index contributed by atoms with van der Waals surface area (Å²) in [4.78, 5) is 26.0. The van der Waals surface area contributed by atoms with Crippen LogP contribution in [0.4, 0.5) is 18.9 Å². The van der Waals surface area contributed by atoms with Gasteiger partial charge in [-0.2, -0.15) is 13.2 Å². The van der Waals surface area contributed by atoms with Crippen molar-refractivity contribution >= 4 is 40.5 Å². The SMILES string of the molecule is Cc1ccc(C(=O)CCC(=O)Nc2ccccc2SCC(F)(F)F)s1. The highest BCUT2D eigenvalue weighted by Crippen LogP contribution is 2.32. The summed E-state index contributed by atoms with van der Waals surface area (Å²) in [5.74, 6) is -1.55. The van der Waals surface area contributed by atoms with Gasteiger partial charge in [0.25, 0.3) is 0 Å². The number of benzene rings is 1. The molecular formula is C17H16F3NO2S2. The van der Waals surface area contributed by atoms with Crippen LogP contribution in [0.3, 0.4) is 0 Å². The summed E-state index contributed by atoms with van der Waals surface area (Å²) >= 11 is 1.99. The lowest BCUT2D eigenvalue weighted by Gasteiger charge is -2.11. The van der Waals surface area contributed by atoms with Crippen molar-refractivity contribution < 1.29 is 22.8 Å². The van der Waals surface area contributed by atoms with E-state index in [9.17, 15) is 22.8 Å². The van der Waals surface area contributed by atoms with E-state index < -0.39 is 17.8 Å². The molecule has 8 heteroatoms. The van der Waals surface area contributed by atoms with Crippen LogP contribution in [0.25, 0.3) is 0 Å². The predicted molar refractivity (Wildman–Crippen MR) is 94.5 cm³/mol. The minimum atomic E-state index is -4.28. The van der Waals surface area contributed by atoms with Crippen molar-refractivity contribution in [2.45, 2.75) is 30.8 Å². The normalized spacial score (nSPS) is 11.4. The fourth-order valence-corrected chi connectivity index (χ4v) is 3.61. The van der Waals surface area contributed by atoms with Crippen molar-refractivity contribution in [3.8, 4) is 0 Å². The summed E-state index contributed by atoms with van der Waals surface area (Å²) in [5.41, 5.74) is 0.321. The van der Waals surface area contributed by atoms with Crippen molar-refractivity contribution in [3.05, 3.63) is 46.2 Å². The number of hydrogen-bond acceptors (Lipinski definition) is 4. The number of amides is 1. The molecule has 0 saturated carbocycles. The number of para-hydroxylation sites is 1. The summed E-state index contributed by atoms with van der Waals surface area (Å²) in [6, 6.07) is 9.87. The van der Waals surface area contributed by atoms with Gasteiger partial charge in [-0.1, -0.05) is 12.1 Å². The number of carbonyl (C=O) groups is 2. The van der Waals surface area contributed by atoms with Crippen LogP contribution < -0.4 is 5.32 Å². The molecule has 2 rings (SSSR count). The number of halogens is 3. The van der Waals surface area contributed by atoms with E-state index in [4.69, 9.17) is 0 Å². The number of carbonyl (C=O) groups excluding carboxylic acids is 2. The second kappa shape index (κ2) is 8.53. The van der Waals surface area contributed by atoms with E-state index in [1.807, 2.05) is 13.0 Å². The van der Waals surface area contributed by atoms with Crippen LogP contribution in [0.1, 0.15) is 27.4 Å². The van der Waals surface area contributed by atoms with Crippen molar-refractivity contribution in [1.82, 2.24) is 0 Å². The van der Waals surface area contributed by atoms with E-state index in [0.717, 1.165) is 4.88 Å². The number of Topliss-reactive ketones (excluding diaryl/α,β-unsaturated/α-hetero) is 1. The molecule has 2 aromatic rings. The van der Waals surface area contributed by atoms with E-state index in [1.54, 1.807) is 24.3 Å². The van der Waals surface area contributed by atoms with Crippen LogP contribution in [-0.4, -0.2) is 23.6 Å². The van der Waals surface area contributed by atoms with Gasteiger partial charge in [0.05, 0.1) is 16.3 Å². The molecule has 3 nitrogen and oxygen atoms in total. The van der Waals surface area contributed by atoms with Crippen molar-refractivity contribution in [2.24, 2.45) is 0 Å². The first-order valence-electron chi connectivity index (χ1n) is 7.42. The number of aryl methyl sites for hydroxylation is 1. The number of alkyl halides is 3. The number of thiophene rings is 1. The van der Waals surface area contributed by atoms with Crippen LogP contribution in [0.2, 0.25) is 0 Å². The largest absolute Gasteiger partial charge is 0.398 e. The second-order valence-electron chi connectivity index (χ2n) is 5.28.